The maximum atomic E-state index is 11.5. The van der Waals surface area contributed by atoms with Gasteiger partial charge in [0.25, 0.3) is 0 Å². The Morgan fingerprint density at radius 3 is 2.50 bits per heavy atom. The van der Waals surface area contributed by atoms with Crippen molar-refractivity contribution >= 4 is 11.7 Å². The van der Waals surface area contributed by atoms with Gasteiger partial charge in [0.05, 0.1) is 7.11 Å². The number of carbonyl (C=O) groups is 1. The summed E-state index contributed by atoms with van der Waals surface area (Å²) in [6.07, 6.45) is 0. The Labute approximate surface area is 94.9 Å². The molecule has 16 heavy (non-hydrogen) atoms. The van der Waals surface area contributed by atoms with Crippen LogP contribution in [0.2, 0.25) is 0 Å². The zero-order valence-electron chi connectivity index (χ0n) is 9.90. The lowest BCUT2D eigenvalue weighted by molar-refractivity contribution is -0.132. The first kappa shape index (κ1) is 12.2. The lowest BCUT2D eigenvalue weighted by Crippen LogP contribution is -2.18. The minimum Gasteiger partial charge on any atom is -0.464 e. The van der Waals surface area contributed by atoms with Gasteiger partial charge in [0.15, 0.2) is 5.71 Å². The highest BCUT2D eigenvalue weighted by Crippen LogP contribution is 2.13. The zero-order chi connectivity index (χ0) is 12.1. The Kier molecular flexibility index (Phi) is 4.05. The van der Waals surface area contributed by atoms with Gasteiger partial charge in [0.2, 0.25) is 0 Å². The summed E-state index contributed by atoms with van der Waals surface area (Å²) < 4.78 is 4.66. The summed E-state index contributed by atoms with van der Waals surface area (Å²) in [7, 11) is 2.71. The van der Waals surface area contributed by atoms with Gasteiger partial charge < -0.3 is 9.57 Å². The van der Waals surface area contributed by atoms with Crippen molar-refractivity contribution in [2.45, 2.75) is 13.8 Å². The number of aryl methyl sites for hydroxylation is 2. The van der Waals surface area contributed by atoms with Crippen molar-refractivity contribution in [2.75, 3.05) is 14.2 Å². The lowest BCUT2D eigenvalue weighted by Gasteiger charge is -2.07. The fraction of sp³-hybridized carbons (Fsp3) is 0.333. The van der Waals surface area contributed by atoms with E-state index >= 15 is 0 Å². The molecule has 0 amide bonds. The van der Waals surface area contributed by atoms with Crippen LogP contribution >= 0.6 is 0 Å². The highest BCUT2D eigenvalue weighted by atomic mass is 16.6. The molecule has 0 unspecified atom stereocenters. The highest BCUT2D eigenvalue weighted by Gasteiger charge is 2.17. The number of carbonyl (C=O) groups excluding carboxylic acids is 1. The minimum absolute atomic E-state index is 0.186. The van der Waals surface area contributed by atoms with E-state index < -0.39 is 5.97 Å². The molecule has 0 bridgehead atoms. The maximum Gasteiger partial charge on any atom is 0.360 e. The Bertz CT molecular complexity index is 424. The van der Waals surface area contributed by atoms with Gasteiger partial charge in [-0.15, -0.1) is 0 Å². The molecule has 0 aliphatic carbocycles. The first-order valence-corrected chi connectivity index (χ1v) is 4.87. The third-order valence-electron chi connectivity index (χ3n) is 2.21. The SMILES string of the molecule is CO/N=C(/C(=O)OC)c1cc(C)ccc1C. The topological polar surface area (TPSA) is 47.9 Å². The highest BCUT2D eigenvalue weighted by molar-refractivity contribution is 6.43. The molecular weight excluding hydrogens is 206 g/mol. The van der Waals surface area contributed by atoms with Gasteiger partial charge in [-0.25, -0.2) is 4.79 Å². The van der Waals surface area contributed by atoms with Gasteiger partial charge >= 0.3 is 5.97 Å². The molecule has 0 saturated carbocycles. The van der Waals surface area contributed by atoms with Crippen LogP contribution in [0.1, 0.15) is 16.7 Å². The minimum atomic E-state index is -0.504. The summed E-state index contributed by atoms with van der Waals surface area (Å²) in [6.45, 7) is 3.85. The maximum absolute atomic E-state index is 11.5. The van der Waals surface area contributed by atoms with E-state index in [0.29, 0.717) is 0 Å². The number of ether oxygens (including phenoxy) is 1. The number of hydrogen-bond donors (Lipinski definition) is 0. The lowest BCUT2D eigenvalue weighted by atomic mass is 10.0. The summed E-state index contributed by atoms with van der Waals surface area (Å²) in [6, 6.07) is 5.78. The van der Waals surface area contributed by atoms with Gasteiger partial charge in [-0.05, 0) is 25.5 Å². The molecule has 86 valence electrons. The predicted molar refractivity (Wildman–Crippen MR) is 61.5 cm³/mol. The summed E-state index contributed by atoms with van der Waals surface area (Å²) in [4.78, 5) is 16.2. The molecule has 0 aliphatic rings. The van der Waals surface area contributed by atoms with Gasteiger partial charge in [-0.2, -0.15) is 0 Å². The van der Waals surface area contributed by atoms with Crippen LogP contribution in [0.3, 0.4) is 0 Å². The van der Waals surface area contributed by atoms with Crippen molar-refractivity contribution < 1.29 is 14.4 Å². The smallest absolute Gasteiger partial charge is 0.360 e. The third kappa shape index (κ3) is 2.59. The molecule has 0 N–H and O–H groups in total. The molecule has 4 heteroatoms. The van der Waals surface area contributed by atoms with Crippen LogP contribution in [0.4, 0.5) is 0 Å². The molecule has 0 heterocycles. The van der Waals surface area contributed by atoms with Crippen LogP contribution in [-0.4, -0.2) is 25.9 Å². The first-order valence-electron chi connectivity index (χ1n) is 4.87. The van der Waals surface area contributed by atoms with Crippen LogP contribution in [0.25, 0.3) is 0 Å². The Morgan fingerprint density at radius 1 is 1.25 bits per heavy atom. The number of hydrogen-bond acceptors (Lipinski definition) is 4. The van der Waals surface area contributed by atoms with E-state index in [9.17, 15) is 4.79 Å². The second kappa shape index (κ2) is 5.30. The molecule has 0 radical (unpaired) electrons. The molecule has 0 fully saturated rings. The average molecular weight is 221 g/mol. The zero-order valence-corrected chi connectivity index (χ0v) is 9.90. The number of nitrogens with zero attached hydrogens (tertiary/aromatic N) is 1. The Hall–Kier alpha value is -1.84. The van der Waals surface area contributed by atoms with Crippen molar-refractivity contribution in [1.29, 1.82) is 0 Å². The standard InChI is InChI=1S/C12H15NO3/c1-8-5-6-9(2)10(7-8)11(13-16-4)12(14)15-3/h5-7H,1-4H3/b13-11+. The Morgan fingerprint density at radius 2 is 1.94 bits per heavy atom. The number of methoxy groups -OCH3 is 1. The van der Waals surface area contributed by atoms with E-state index in [-0.39, 0.29) is 5.71 Å². The summed E-state index contributed by atoms with van der Waals surface area (Å²) in [5, 5.41) is 3.71. The molecule has 1 aromatic carbocycles. The second-order valence-electron chi connectivity index (χ2n) is 3.43. The molecule has 4 nitrogen and oxygen atoms in total. The van der Waals surface area contributed by atoms with E-state index in [4.69, 9.17) is 0 Å². The fourth-order valence-corrected chi connectivity index (χ4v) is 1.38. The van der Waals surface area contributed by atoms with E-state index in [1.165, 1.54) is 14.2 Å². The Balaban J connectivity index is 3.26. The number of benzene rings is 1. The summed E-state index contributed by atoms with van der Waals surface area (Å²) in [5.74, 6) is -0.504. The molecule has 1 rings (SSSR count). The molecule has 0 aromatic heterocycles. The average Bonchev–Trinajstić information content (AvgIpc) is 2.28. The second-order valence-corrected chi connectivity index (χ2v) is 3.43. The van der Waals surface area contributed by atoms with Crippen molar-refractivity contribution in [3.63, 3.8) is 0 Å². The van der Waals surface area contributed by atoms with E-state index in [2.05, 4.69) is 14.7 Å². The number of esters is 1. The quantitative estimate of drug-likeness (QED) is 0.444. The van der Waals surface area contributed by atoms with Crippen molar-refractivity contribution in [1.82, 2.24) is 0 Å². The summed E-state index contributed by atoms with van der Waals surface area (Å²) in [5.41, 5.74) is 2.92. The van der Waals surface area contributed by atoms with Gasteiger partial charge in [-0.1, -0.05) is 22.9 Å². The van der Waals surface area contributed by atoms with E-state index in [0.717, 1.165) is 16.7 Å². The predicted octanol–water partition coefficient (Wildman–Crippen LogP) is 1.83. The van der Waals surface area contributed by atoms with Crippen molar-refractivity contribution in [2.24, 2.45) is 5.16 Å². The molecule has 0 aliphatic heterocycles. The number of oxime groups is 1. The van der Waals surface area contributed by atoms with Crippen LogP contribution in [-0.2, 0) is 14.4 Å². The van der Waals surface area contributed by atoms with Crippen molar-refractivity contribution in [3.8, 4) is 0 Å². The normalized spacial score (nSPS) is 11.1. The monoisotopic (exact) mass is 221 g/mol. The van der Waals surface area contributed by atoms with Crippen LogP contribution in [0, 0.1) is 13.8 Å². The summed E-state index contributed by atoms with van der Waals surface area (Å²) >= 11 is 0. The molecule has 0 saturated heterocycles. The van der Waals surface area contributed by atoms with Crippen LogP contribution in [0.5, 0.6) is 0 Å². The third-order valence-corrected chi connectivity index (χ3v) is 2.21. The fourth-order valence-electron chi connectivity index (χ4n) is 1.38. The van der Waals surface area contributed by atoms with Gasteiger partial charge in [-0.3, -0.25) is 0 Å². The molecule has 1 aromatic rings. The molecule has 0 spiro atoms. The van der Waals surface area contributed by atoms with E-state index in [1.54, 1.807) is 0 Å². The van der Waals surface area contributed by atoms with Gasteiger partial charge in [0, 0.05) is 5.56 Å². The molecular formula is C12H15NO3. The van der Waals surface area contributed by atoms with Crippen molar-refractivity contribution in [3.05, 3.63) is 34.9 Å². The molecule has 0 atom stereocenters. The first-order chi connectivity index (χ1) is 7.60. The van der Waals surface area contributed by atoms with Crippen LogP contribution in [0.15, 0.2) is 23.4 Å². The van der Waals surface area contributed by atoms with Crippen LogP contribution < -0.4 is 0 Å². The van der Waals surface area contributed by atoms with E-state index in [1.807, 2.05) is 32.0 Å². The number of rotatable bonds is 3. The largest absolute Gasteiger partial charge is 0.464 e. The van der Waals surface area contributed by atoms with Gasteiger partial charge in [0.1, 0.15) is 7.11 Å².